The number of benzene rings is 2. The molecule has 5 rings (SSSR count). The van der Waals surface area contributed by atoms with E-state index in [2.05, 4.69) is 25.4 Å². The highest BCUT2D eigenvalue weighted by atomic mass is 19.1. The maximum atomic E-state index is 13.5. The number of aromatic nitrogens is 5. The van der Waals surface area contributed by atoms with Crippen LogP contribution in [0.3, 0.4) is 0 Å². The lowest BCUT2D eigenvalue weighted by Gasteiger charge is -2.36. The number of methoxy groups -OCH3 is 1. The Hall–Kier alpha value is -4.12. The smallest absolute Gasteiger partial charge is 0.309 e. The molecule has 1 atom stereocenters. The van der Waals surface area contributed by atoms with Crippen molar-refractivity contribution >= 4 is 16.9 Å². The lowest BCUT2D eigenvalue weighted by Crippen LogP contribution is -2.42. The zero-order valence-corrected chi connectivity index (χ0v) is 21.3. The minimum atomic E-state index is -0.566. The number of pyridine rings is 1. The third kappa shape index (κ3) is 5.28. The Balaban J connectivity index is 1.54. The fraction of sp³-hybridized carbons (Fsp3) is 0.370. The summed E-state index contributed by atoms with van der Waals surface area (Å²) in [6.07, 6.45) is 1.19. The molecule has 11 heteroatoms. The second-order valence-corrected chi connectivity index (χ2v) is 9.29. The van der Waals surface area contributed by atoms with Crippen LogP contribution in [-0.2, 0) is 16.1 Å². The summed E-state index contributed by atoms with van der Waals surface area (Å²) in [5.74, 6) is 0.420. The molecule has 0 bridgehead atoms. The largest absolute Gasteiger partial charge is 0.497 e. The van der Waals surface area contributed by atoms with Gasteiger partial charge in [-0.15, -0.1) is 5.10 Å². The van der Waals surface area contributed by atoms with Gasteiger partial charge in [-0.3, -0.25) is 14.5 Å². The molecule has 2 aromatic heterocycles. The fourth-order valence-electron chi connectivity index (χ4n) is 4.96. The van der Waals surface area contributed by atoms with Gasteiger partial charge in [0.25, 0.3) is 5.56 Å². The van der Waals surface area contributed by atoms with E-state index in [0.29, 0.717) is 61.7 Å². The first-order valence-corrected chi connectivity index (χ1v) is 12.6. The maximum Gasteiger partial charge on any atom is 0.309 e. The van der Waals surface area contributed by atoms with Gasteiger partial charge in [0.15, 0.2) is 5.82 Å². The number of piperidine rings is 1. The number of carbonyl (C=O) groups is 1. The van der Waals surface area contributed by atoms with Crippen molar-refractivity contribution in [3.63, 3.8) is 0 Å². The van der Waals surface area contributed by atoms with Crippen molar-refractivity contribution in [2.45, 2.75) is 32.4 Å². The minimum Gasteiger partial charge on any atom is -0.497 e. The number of halogens is 1. The van der Waals surface area contributed by atoms with Crippen LogP contribution in [0.25, 0.3) is 10.9 Å². The van der Waals surface area contributed by atoms with Gasteiger partial charge in [0.2, 0.25) is 0 Å². The lowest BCUT2D eigenvalue weighted by molar-refractivity contribution is -0.149. The number of aromatic amines is 1. The van der Waals surface area contributed by atoms with Gasteiger partial charge < -0.3 is 14.5 Å². The molecule has 0 unspecified atom stereocenters. The van der Waals surface area contributed by atoms with E-state index in [-0.39, 0.29) is 23.3 Å². The molecule has 0 radical (unpaired) electrons. The number of hydrogen-bond acceptors (Lipinski definition) is 8. The Morgan fingerprint density at radius 2 is 1.92 bits per heavy atom. The number of hydrogen-bond donors (Lipinski definition) is 1. The van der Waals surface area contributed by atoms with Gasteiger partial charge in [0, 0.05) is 24.7 Å². The van der Waals surface area contributed by atoms with E-state index in [4.69, 9.17) is 9.47 Å². The van der Waals surface area contributed by atoms with Crippen LogP contribution in [0.15, 0.2) is 53.3 Å². The highest BCUT2D eigenvalue weighted by molar-refractivity contribution is 5.80. The molecule has 0 aliphatic carbocycles. The zero-order valence-electron chi connectivity index (χ0n) is 21.3. The molecule has 198 valence electrons. The number of nitrogens with zero attached hydrogens (tertiary/aromatic N) is 5. The maximum absolute atomic E-state index is 13.5. The average molecular weight is 521 g/mol. The minimum absolute atomic E-state index is 0.190. The molecule has 1 saturated heterocycles. The van der Waals surface area contributed by atoms with E-state index in [9.17, 15) is 14.0 Å². The van der Waals surface area contributed by atoms with E-state index >= 15 is 0 Å². The molecule has 10 nitrogen and oxygen atoms in total. The van der Waals surface area contributed by atoms with Crippen molar-refractivity contribution in [3.8, 4) is 5.75 Å². The van der Waals surface area contributed by atoms with Crippen molar-refractivity contribution in [2.24, 2.45) is 5.92 Å². The van der Waals surface area contributed by atoms with Crippen LogP contribution < -0.4 is 10.3 Å². The van der Waals surface area contributed by atoms with Gasteiger partial charge in [-0.1, -0.05) is 12.1 Å². The molecular formula is C27H29FN6O4. The molecule has 0 saturated carbocycles. The van der Waals surface area contributed by atoms with Crippen LogP contribution in [0.2, 0.25) is 0 Å². The number of likely N-dealkylation sites (tertiary alicyclic amines) is 1. The Bertz CT molecular complexity index is 1480. The number of ether oxygens (including phenoxy) is 2. The van der Waals surface area contributed by atoms with Crippen molar-refractivity contribution in [1.29, 1.82) is 0 Å². The van der Waals surface area contributed by atoms with Gasteiger partial charge in [-0.2, -0.15) is 0 Å². The van der Waals surface area contributed by atoms with Crippen molar-refractivity contribution < 1.29 is 18.7 Å². The summed E-state index contributed by atoms with van der Waals surface area (Å²) in [7, 11) is 1.57. The van der Waals surface area contributed by atoms with Crippen molar-refractivity contribution in [3.05, 3.63) is 81.7 Å². The van der Waals surface area contributed by atoms with Gasteiger partial charge >= 0.3 is 5.97 Å². The predicted octanol–water partition coefficient (Wildman–Crippen LogP) is 3.08. The molecule has 0 spiro atoms. The van der Waals surface area contributed by atoms with Gasteiger partial charge in [-0.25, -0.2) is 9.07 Å². The van der Waals surface area contributed by atoms with Crippen LogP contribution in [0.4, 0.5) is 4.39 Å². The van der Waals surface area contributed by atoms with E-state index in [0.717, 1.165) is 10.9 Å². The molecule has 1 aliphatic heterocycles. The Labute approximate surface area is 218 Å². The van der Waals surface area contributed by atoms with E-state index in [1.807, 2.05) is 18.2 Å². The third-order valence-corrected chi connectivity index (χ3v) is 6.94. The van der Waals surface area contributed by atoms with Crippen LogP contribution >= 0.6 is 0 Å². The number of H-pyrrole nitrogens is 1. The van der Waals surface area contributed by atoms with Crippen LogP contribution in [-0.4, -0.2) is 62.9 Å². The third-order valence-electron chi connectivity index (χ3n) is 6.94. The topological polar surface area (TPSA) is 115 Å². The molecule has 1 N–H and O–H groups in total. The molecule has 3 heterocycles. The molecule has 4 aromatic rings. The van der Waals surface area contributed by atoms with Crippen molar-refractivity contribution in [1.82, 2.24) is 30.1 Å². The normalized spacial score (nSPS) is 15.4. The molecule has 1 aliphatic rings. The van der Waals surface area contributed by atoms with Crippen LogP contribution in [0.1, 0.15) is 42.8 Å². The van der Waals surface area contributed by atoms with E-state index in [1.165, 1.54) is 12.1 Å². The molecule has 38 heavy (non-hydrogen) atoms. The summed E-state index contributed by atoms with van der Waals surface area (Å²) in [5, 5.41) is 13.3. The van der Waals surface area contributed by atoms with Crippen LogP contribution in [0.5, 0.6) is 5.75 Å². The van der Waals surface area contributed by atoms with Gasteiger partial charge in [0.05, 0.1) is 31.7 Å². The second kappa shape index (κ2) is 11.1. The standard InChI is InChI=1S/C27H29FN6O4/c1-3-38-27(36)18-10-12-33(13-11-18)24(22-14-19-6-9-21(37-2)15-23(19)29-26(22)35)25-30-31-32-34(25)16-17-4-7-20(28)8-5-17/h4-9,14-15,18,24H,3,10-13,16H2,1-2H3,(H,29,35)/t24-/m0/s1. The number of esters is 1. The first-order chi connectivity index (χ1) is 18.5. The summed E-state index contributed by atoms with van der Waals surface area (Å²) in [6.45, 7) is 3.55. The second-order valence-electron chi connectivity index (χ2n) is 9.29. The summed E-state index contributed by atoms with van der Waals surface area (Å²) in [6, 6.07) is 12.9. The number of carbonyl (C=O) groups excluding carboxylic acids is 1. The summed E-state index contributed by atoms with van der Waals surface area (Å²) in [5.41, 5.74) is 1.70. The Morgan fingerprint density at radius 1 is 1.16 bits per heavy atom. The monoisotopic (exact) mass is 520 g/mol. The molecular weight excluding hydrogens is 491 g/mol. The van der Waals surface area contributed by atoms with Crippen molar-refractivity contribution in [2.75, 3.05) is 26.8 Å². The summed E-state index contributed by atoms with van der Waals surface area (Å²) < 4.78 is 25.6. The SMILES string of the molecule is CCOC(=O)C1CCN([C@@H](c2cc3ccc(OC)cc3[nH]c2=O)c2nnnn2Cc2ccc(F)cc2)CC1. The number of tetrazole rings is 1. The van der Waals surface area contributed by atoms with Gasteiger partial charge in [-0.05, 0) is 71.5 Å². The molecule has 1 fully saturated rings. The van der Waals surface area contributed by atoms with Gasteiger partial charge in [0.1, 0.15) is 17.6 Å². The first-order valence-electron chi connectivity index (χ1n) is 12.6. The highest BCUT2D eigenvalue weighted by Gasteiger charge is 2.35. The Morgan fingerprint density at radius 3 is 2.63 bits per heavy atom. The highest BCUT2D eigenvalue weighted by Crippen LogP contribution is 2.32. The molecule has 2 aromatic carbocycles. The van der Waals surface area contributed by atoms with E-state index in [1.54, 1.807) is 36.9 Å². The molecule has 0 amide bonds. The fourth-order valence-corrected chi connectivity index (χ4v) is 4.96. The first kappa shape index (κ1) is 25.5. The summed E-state index contributed by atoms with van der Waals surface area (Å²) >= 11 is 0. The lowest BCUT2D eigenvalue weighted by atomic mass is 9.94. The average Bonchev–Trinajstić information content (AvgIpc) is 3.38. The van der Waals surface area contributed by atoms with Crippen LogP contribution in [0, 0.1) is 11.7 Å². The quantitative estimate of drug-likeness (QED) is 0.353. The van der Waals surface area contributed by atoms with E-state index < -0.39 is 6.04 Å². The number of fused-ring (bicyclic) bond motifs is 1. The zero-order chi connectivity index (χ0) is 26.6. The number of rotatable bonds is 8. The predicted molar refractivity (Wildman–Crippen MR) is 137 cm³/mol. The number of nitrogens with one attached hydrogen (secondary N) is 1. The Kier molecular flexibility index (Phi) is 7.45. The summed E-state index contributed by atoms with van der Waals surface area (Å²) in [4.78, 5) is 30.9.